The monoisotopic (exact) mass is 409 g/mol. The van der Waals surface area contributed by atoms with Crippen LogP contribution in [-0.2, 0) is 0 Å². The quantitative estimate of drug-likeness (QED) is 0.707. The predicted molar refractivity (Wildman–Crippen MR) is 119 cm³/mol. The van der Waals surface area contributed by atoms with Crippen molar-refractivity contribution in [3.63, 3.8) is 0 Å². The Kier molecular flexibility index (Phi) is 4.71. The smallest absolute Gasteiger partial charge is 0.253 e. The SMILES string of the molecule is N#Cc1ccc(C(=O)N2CCC3(CC2)CC3NC(=O)c2cccc3ccccc23)cc1. The Morgan fingerprint density at radius 2 is 1.68 bits per heavy atom. The lowest BCUT2D eigenvalue weighted by atomic mass is 9.92. The van der Waals surface area contributed by atoms with Gasteiger partial charge in [-0.3, -0.25) is 9.59 Å². The summed E-state index contributed by atoms with van der Waals surface area (Å²) in [6.07, 6.45) is 2.77. The number of carbonyl (C=O) groups excluding carboxylic acids is 2. The topological polar surface area (TPSA) is 73.2 Å². The minimum atomic E-state index is -0.0187. The van der Waals surface area contributed by atoms with Crippen molar-refractivity contribution >= 4 is 22.6 Å². The molecular formula is C26H23N3O2. The highest BCUT2D eigenvalue weighted by Gasteiger charge is 2.56. The number of fused-ring (bicyclic) bond motifs is 1. The van der Waals surface area contributed by atoms with Crippen molar-refractivity contribution in [2.75, 3.05) is 13.1 Å². The third-order valence-corrected chi connectivity index (χ3v) is 6.84. The molecule has 5 nitrogen and oxygen atoms in total. The molecule has 0 bridgehead atoms. The highest BCUT2D eigenvalue weighted by Crippen LogP contribution is 2.54. The molecule has 1 unspecified atom stereocenters. The van der Waals surface area contributed by atoms with Gasteiger partial charge in [0.15, 0.2) is 0 Å². The summed E-state index contributed by atoms with van der Waals surface area (Å²) in [7, 11) is 0. The van der Waals surface area contributed by atoms with Crippen LogP contribution in [0.2, 0.25) is 0 Å². The molecule has 1 aliphatic carbocycles. The average Bonchev–Trinajstić information content (AvgIpc) is 3.49. The number of benzene rings is 3. The molecule has 3 aromatic rings. The second kappa shape index (κ2) is 7.55. The molecule has 1 saturated heterocycles. The third-order valence-electron chi connectivity index (χ3n) is 6.84. The highest BCUT2D eigenvalue weighted by molar-refractivity contribution is 6.07. The molecule has 2 aliphatic rings. The lowest BCUT2D eigenvalue weighted by Crippen LogP contribution is -2.41. The molecule has 1 saturated carbocycles. The van der Waals surface area contributed by atoms with Gasteiger partial charge in [0.05, 0.1) is 11.6 Å². The number of piperidine rings is 1. The van der Waals surface area contributed by atoms with E-state index in [4.69, 9.17) is 5.26 Å². The lowest BCUT2D eigenvalue weighted by Gasteiger charge is -2.33. The first-order valence-corrected chi connectivity index (χ1v) is 10.7. The van der Waals surface area contributed by atoms with Gasteiger partial charge in [-0.1, -0.05) is 36.4 Å². The first-order valence-electron chi connectivity index (χ1n) is 10.7. The number of amides is 2. The number of carbonyl (C=O) groups is 2. The number of nitrogens with one attached hydrogen (secondary N) is 1. The molecule has 0 radical (unpaired) electrons. The highest BCUT2D eigenvalue weighted by atomic mass is 16.2. The summed E-state index contributed by atoms with van der Waals surface area (Å²) in [6.45, 7) is 1.39. The van der Waals surface area contributed by atoms with Crippen LogP contribution in [0.3, 0.4) is 0 Å². The first kappa shape index (κ1) is 19.3. The van der Waals surface area contributed by atoms with Crippen molar-refractivity contribution in [2.24, 2.45) is 5.41 Å². The van der Waals surface area contributed by atoms with Gasteiger partial charge in [-0.05, 0) is 65.8 Å². The second-order valence-electron chi connectivity index (χ2n) is 8.60. The van der Waals surface area contributed by atoms with E-state index in [0.29, 0.717) is 29.8 Å². The normalized spacial score (nSPS) is 19.1. The molecule has 1 heterocycles. The maximum atomic E-state index is 12.9. The molecule has 0 aromatic heterocycles. The molecule has 2 amide bonds. The molecule has 154 valence electrons. The third kappa shape index (κ3) is 3.55. The van der Waals surface area contributed by atoms with Gasteiger partial charge in [0, 0.05) is 30.3 Å². The molecule has 1 spiro atoms. The lowest BCUT2D eigenvalue weighted by molar-refractivity contribution is 0.0668. The minimum absolute atomic E-state index is 0.0105. The molecule has 1 N–H and O–H groups in total. The second-order valence-corrected chi connectivity index (χ2v) is 8.60. The fraction of sp³-hybridized carbons (Fsp3) is 0.269. The molecule has 1 aliphatic heterocycles. The Morgan fingerprint density at radius 1 is 0.968 bits per heavy atom. The van der Waals surface area contributed by atoms with E-state index in [1.165, 1.54) is 0 Å². The van der Waals surface area contributed by atoms with E-state index in [-0.39, 0.29) is 23.3 Å². The number of nitrogens with zero attached hydrogens (tertiary/aromatic N) is 2. The maximum Gasteiger partial charge on any atom is 0.253 e. The largest absolute Gasteiger partial charge is 0.349 e. The molecule has 3 aromatic carbocycles. The number of hydrogen-bond donors (Lipinski definition) is 1. The van der Waals surface area contributed by atoms with Crippen LogP contribution in [0, 0.1) is 16.7 Å². The summed E-state index contributed by atoms with van der Waals surface area (Å²) >= 11 is 0. The van der Waals surface area contributed by atoms with Gasteiger partial charge in [-0.2, -0.15) is 5.26 Å². The number of rotatable bonds is 3. The van der Waals surface area contributed by atoms with Gasteiger partial charge < -0.3 is 10.2 Å². The van der Waals surface area contributed by atoms with Gasteiger partial charge in [0.1, 0.15) is 0 Å². The van der Waals surface area contributed by atoms with Gasteiger partial charge in [0.25, 0.3) is 11.8 Å². The van der Waals surface area contributed by atoms with Crippen molar-refractivity contribution in [3.8, 4) is 6.07 Å². The van der Waals surface area contributed by atoms with Crippen molar-refractivity contribution in [1.29, 1.82) is 5.26 Å². The number of hydrogen-bond acceptors (Lipinski definition) is 3. The van der Waals surface area contributed by atoms with Crippen LogP contribution >= 0.6 is 0 Å². The number of likely N-dealkylation sites (tertiary alicyclic amines) is 1. The summed E-state index contributed by atoms with van der Waals surface area (Å²) in [4.78, 5) is 27.6. The fourth-order valence-electron chi connectivity index (χ4n) is 4.79. The maximum absolute atomic E-state index is 12.9. The minimum Gasteiger partial charge on any atom is -0.349 e. The van der Waals surface area contributed by atoms with Gasteiger partial charge in [-0.25, -0.2) is 0 Å². The summed E-state index contributed by atoms with van der Waals surface area (Å²) in [6, 6.07) is 22.8. The molecule has 1 atom stereocenters. The molecule has 5 rings (SSSR count). The van der Waals surface area contributed by atoms with E-state index >= 15 is 0 Å². The Labute approximate surface area is 181 Å². The van der Waals surface area contributed by atoms with E-state index in [1.807, 2.05) is 47.4 Å². The predicted octanol–water partition coefficient (Wildman–Crippen LogP) is 4.14. The molecular weight excluding hydrogens is 386 g/mol. The van der Waals surface area contributed by atoms with Crippen LogP contribution in [0.4, 0.5) is 0 Å². The zero-order valence-corrected chi connectivity index (χ0v) is 17.2. The molecule has 5 heteroatoms. The van der Waals surface area contributed by atoms with Gasteiger partial charge in [0.2, 0.25) is 0 Å². The Bertz CT molecular complexity index is 1200. The van der Waals surface area contributed by atoms with Crippen molar-refractivity contribution in [3.05, 3.63) is 83.4 Å². The van der Waals surface area contributed by atoms with Crippen molar-refractivity contribution in [2.45, 2.75) is 25.3 Å². The zero-order valence-electron chi connectivity index (χ0n) is 17.2. The van der Waals surface area contributed by atoms with Crippen molar-refractivity contribution < 1.29 is 9.59 Å². The summed E-state index contributed by atoms with van der Waals surface area (Å²) in [5, 5.41) is 14.2. The fourth-order valence-corrected chi connectivity index (χ4v) is 4.79. The van der Waals surface area contributed by atoms with E-state index in [1.54, 1.807) is 24.3 Å². The van der Waals surface area contributed by atoms with Gasteiger partial charge in [-0.15, -0.1) is 0 Å². The Balaban J connectivity index is 1.21. The van der Waals surface area contributed by atoms with Crippen LogP contribution in [0.1, 0.15) is 45.5 Å². The number of nitriles is 1. The van der Waals surface area contributed by atoms with Crippen LogP contribution in [0.25, 0.3) is 10.8 Å². The summed E-state index contributed by atoms with van der Waals surface area (Å²) < 4.78 is 0. The zero-order chi connectivity index (χ0) is 21.4. The molecule has 31 heavy (non-hydrogen) atoms. The van der Waals surface area contributed by atoms with Crippen LogP contribution in [0.15, 0.2) is 66.7 Å². The van der Waals surface area contributed by atoms with Crippen LogP contribution < -0.4 is 5.32 Å². The Morgan fingerprint density at radius 3 is 2.42 bits per heavy atom. The summed E-state index contributed by atoms with van der Waals surface area (Å²) in [5.41, 5.74) is 2.00. The van der Waals surface area contributed by atoms with Crippen LogP contribution in [-0.4, -0.2) is 35.8 Å². The van der Waals surface area contributed by atoms with E-state index < -0.39 is 0 Å². The van der Waals surface area contributed by atoms with E-state index in [9.17, 15) is 9.59 Å². The summed E-state index contributed by atoms with van der Waals surface area (Å²) in [5.74, 6) is -0.00825. The first-order chi connectivity index (χ1) is 15.1. The van der Waals surface area contributed by atoms with Crippen LogP contribution in [0.5, 0.6) is 0 Å². The van der Waals surface area contributed by atoms with Crippen molar-refractivity contribution in [1.82, 2.24) is 10.2 Å². The van der Waals surface area contributed by atoms with Gasteiger partial charge >= 0.3 is 0 Å². The van der Waals surface area contributed by atoms with E-state index in [2.05, 4.69) is 11.4 Å². The average molecular weight is 409 g/mol. The molecule has 2 fully saturated rings. The standard InChI is InChI=1S/C26H23N3O2/c27-17-18-8-10-20(11-9-18)25(31)29-14-12-26(13-15-29)16-23(26)28-24(30)22-7-3-5-19-4-1-2-6-21(19)22/h1-11,23H,12-16H2,(H,28,30). The Hall–Kier alpha value is -3.65. The van der Waals surface area contributed by atoms with E-state index in [0.717, 1.165) is 30.0 Å².